The van der Waals surface area contributed by atoms with Crippen molar-refractivity contribution in [3.8, 4) is 0 Å². The van der Waals surface area contributed by atoms with Crippen molar-refractivity contribution in [3.63, 3.8) is 0 Å². The zero-order valence-electron chi connectivity index (χ0n) is 11.2. The van der Waals surface area contributed by atoms with Crippen molar-refractivity contribution >= 4 is 39.1 Å². The summed E-state index contributed by atoms with van der Waals surface area (Å²) in [4.78, 5) is 39.8. The van der Waals surface area contributed by atoms with E-state index in [1.165, 1.54) is 12.3 Å². The van der Waals surface area contributed by atoms with Gasteiger partial charge in [0.15, 0.2) is 0 Å². The van der Waals surface area contributed by atoms with Gasteiger partial charge in [0.05, 0.1) is 17.0 Å². The minimum absolute atomic E-state index is 0.195. The van der Waals surface area contributed by atoms with Crippen LogP contribution in [0.1, 0.15) is 26.4 Å². The van der Waals surface area contributed by atoms with Crippen molar-refractivity contribution in [3.05, 3.63) is 70.0 Å². The largest absolute Gasteiger partial charge is 0.320 e. The number of allylic oxidation sites excluding steroid dienone is 1. The molecule has 1 amide bonds. The van der Waals surface area contributed by atoms with Crippen LogP contribution in [0.2, 0.25) is 0 Å². The number of carbonyl (C=O) groups excluding carboxylic acids is 3. The smallest absolute Gasteiger partial charge is 0.255 e. The van der Waals surface area contributed by atoms with Gasteiger partial charge in [0.1, 0.15) is 0 Å². The number of aromatic nitrogens is 1. The Kier molecular flexibility index (Phi) is 3.68. The Labute approximate surface area is 134 Å². The van der Waals surface area contributed by atoms with Crippen molar-refractivity contribution in [1.82, 2.24) is 10.3 Å². The quantitative estimate of drug-likeness (QED) is 0.838. The zero-order chi connectivity index (χ0) is 15.7. The van der Waals surface area contributed by atoms with E-state index in [0.717, 1.165) is 10.5 Å². The summed E-state index contributed by atoms with van der Waals surface area (Å²) in [5.41, 5.74) is 1.16. The maximum Gasteiger partial charge on any atom is 0.255 e. The van der Waals surface area contributed by atoms with Gasteiger partial charge >= 0.3 is 0 Å². The van der Waals surface area contributed by atoms with Crippen LogP contribution in [0, 0.1) is 0 Å². The van der Waals surface area contributed by atoms with Crippen LogP contribution in [-0.4, -0.2) is 22.5 Å². The fourth-order valence-electron chi connectivity index (χ4n) is 2.09. The highest BCUT2D eigenvalue weighted by Gasteiger charge is 2.27. The molecule has 22 heavy (non-hydrogen) atoms. The lowest BCUT2D eigenvalue weighted by Crippen LogP contribution is -2.29. The monoisotopic (exact) mass is 356 g/mol. The molecule has 0 radical (unpaired) electrons. The van der Waals surface area contributed by atoms with Crippen LogP contribution in [0.4, 0.5) is 0 Å². The third-order valence-electron chi connectivity index (χ3n) is 3.16. The Morgan fingerprint density at radius 2 is 1.82 bits per heavy atom. The first-order valence-electron chi connectivity index (χ1n) is 6.39. The van der Waals surface area contributed by atoms with Crippen molar-refractivity contribution in [2.75, 3.05) is 0 Å². The maximum atomic E-state index is 12.2. The molecule has 1 aromatic heterocycles. The summed E-state index contributed by atoms with van der Waals surface area (Å²) in [6.07, 6.45) is 2.61. The summed E-state index contributed by atoms with van der Waals surface area (Å²) < 4.78 is 0.855. The molecule has 0 bridgehead atoms. The minimum Gasteiger partial charge on any atom is -0.320 e. The number of pyridine rings is 1. The molecule has 5 nitrogen and oxygen atoms in total. The molecule has 0 fully saturated rings. The van der Waals surface area contributed by atoms with Gasteiger partial charge in [-0.3, -0.25) is 19.4 Å². The number of Topliss-reactive ketones (excluding diaryl/α,β-unsaturated/α-hetero) is 1. The molecule has 3 rings (SSSR count). The number of fused-ring (bicyclic) bond motifs is 1. The van der Waals surface area contributed by atoms with E-state index in [9.17, 15) is 14.4 Å². The molecule has 108 valence electrons. The SMILES string of the molecule is O=C1C=C(NC(=O)c2ccc(Br)cc2)c2ncccc2C1=O. The number of nitrogens with one attached hydrogen (secondary N) is 1. The van der Waals surface area contributed by atoms with Crippen LogP contribution >= 0.6 is 15.9 Å². The van der Waals surface area contributed by atoms with E-state index in [2.05, 4.69) is 26.2 Å². The van der Waals surface area contributed by atoms with Gasteiger partial charge in [0.2, 0.25) is 11.6 Å². The van der Waals surface area contributed by atoms with Gasteiger partial charge in [-0.1, -0.05) is 15.9 Å². The molecule has 0 spiro atoms. The molecular weight excluding hydrogens is 348 g/mol. The standard InChI is InChI=1S/C16H9BrN2O3/c17-10-5-3-9(4-6-10)16(22)19-12-8-13(20)15(21)11-2-1-7-18-14(11)12/h1-8H,(H,19,22). The summed E-state index contributed by atoms with van der Waals surface area (Å²) in [6.45, 7) is 0. The van der Waals surface area contributed by atoms with E-state index in [1.807, 2.05) is 0 Å². The molecule has 0 saturated carbocycles. The van der Waals surface area contributed by atoms with Gasteiger partial charge in [-0.05, 0) is 36.4 Å². The molecule has 1 aliphatic rings. The lowest BCUT2D eigenvalue weighted by Gasteiger charge is -2.15. The number of amides is 1. The topological polar surface area (TPSA) is 76.1 Å². The lowest BCUT2D eigenvalue weighted by atomic mass is 9.97. The van der Waals surface area contributed by atoms with Crippen LogP contribution in [0.15, 0.2) is 53.1 Å². The second kappa shape index (κ2) is 5.65. The summed E-state index contributed by atoms with van der Waals surface area (Å²) in [6, 6.07) is 9.87. The summed E-state index contributed by atoms with van der Waals surface area (Å²) >= 11 is 3.29. The Morgan fingerprint density at radius 1 is 1.09 bits per heavy atom. The van der Waals surface area contributed by atoms with Crippen molar-refractivity contribution in [1.29, 1.82) is 0 Å². The molecule has 6 heteroatoms. The molecular formula is C16H9BrN2O3. The van der Waals surface area contributed by atoms with Crippen molar-refractivity contribution in [2.45, 2.75) is 0 Å². The van der Waals surface area contributed by atoms with E-state index < -0.39 is 11.6 Å². The minimum atomic E-state index is -0.674. The molecule has 0 unspecified atom stereocenters. The molecule has 1 aliphatic carbocycles. The van der Waals surface area contributed by atoms with Crippen LogP contribution in [-0.2, 0) is 4.79 Å². The molecule has 2 aromatic rings. The summed E-state index contributed by atoms with van der Waals surface area (Å²) in [5.74, 6) is -1.67. The number of nitrogens with zero attached hydrogens (tertiary/aromatic N) is 1. The first-order chi connectivity index (χ1) is 10.6. The lowest BCUT2D eigenvalue weighted by molar-refractivity contribution is -0.111. The van der Waals surface area contributed by atoms with Gasteiger partial charge in [-0.25, -0.2) is 0 Å². The van der Waals surface area contributed by atoms with Crippen LogP contribution in [0.3, 0.4) is 0 Å². The maximum absolute atomic E-state index is 12.2. The molecule has 0 atom stereocenters. The highest BCUT2D eigenvalue weighted by atomic mass is 79.9. The fourth-order valence-corrected chi connectivity index (χ4v) is 2.36. The highest BCUT2D eigenvalue weighted by molar-refractivity contribution is 9.10. The van der Waals surface area contributed by atoms with Crippen LogP contribution in [0.5, 0.6) is 0 Å². The van der Waals surface area contributed by atoms with E-state index in [0.29, 0.717) is 11.3 Å². The van der Waals surface area contributed by atoms with Gasteiger partial charge in [-0.15, -0.1) is 0 Å². The van der Waals surface area contributed by atoms with Crippen LogP contribution < -0.4 is 5.32 Å². The number of rotatable bonds is 2. The van der Waals surface area contributed by atoms with Gasteiger partial charge in [-0.2, -0.15) is 0 Å². The third-order valence-corrected chi connectivity index (χ3v) is 3.69. The van der Waals surface area contributed by atoms with E-state index in [1.54, 1.807) is 30.3 Å². The van der Waals surface area contributed by atoms with Crippen LogP contribution in [0.25, 0.3) is 5.70 Å². The second-order valence-electron chi connectivity index (χ2n) is 4.61. The normalized spacial score (nSPS) is 13.4. The average molecular weight is 357 g/mol. The summed E-state index contributed by atoms with van der Waals surface area (Å²) in [5, 5.41) is 2.63. The Balaban J connectivity index is 1.93. The number of carbonyl (C=O) groups is 3. The van der Waals surface area contributed by atoms with Crippen molar-refractivity contribution in [2.24, 2.45) is 0 Å². The molecule has 1 heterocycles. The predicted molar refractivity (Wildman–Crippen MR) is 83.2 cm³/mol. The van der Waals surface area contributed by atoms with E-state index in [-0.39, 0.29) is 17.2 Å². The van der Waals surface area contributed by atoms with Gasteiger partial charge in [0.25, 0.3) is 5.91 Å². The highest BCUT2D eigenvalue weighted by Crippen LogP contribution is 2.21. The molecule has 1 aromatic carbocycles. The number of halogens is 1. The predicted octanol–water partition coefficient (Wildman–Crippen LogP) is 2.38. The fraction of sp³-hybridized carbons (Fsp3) is 0. The van der Waals surface area contributed by atoms with E-state index >= 15 is 0 Å². The molecule has 1 N–H and O–H groups in total. The van der Waals surface area contributed by atoms with Gasteiger partial charge < -0.3 is 5.32 Å². The Bertz CT molecular complexity index is 826. The zero-order valence-corrected chi connectivity index (χ0v) is 12.8. The third kappa shape index (κ3) is 2.60. The Morgan fingerprint density at radius 3 is 2.55 bits per heavy atom. The number of hydrogen-bond acceptors (Lipinski definition) is 4. The Hall–Kier alpha value is -2.60. The average Bonchev–Trinajstić information content (AvgIpc) is 2.53. The number of hydrogen-bond donors (Lipinski definition) is 1. The van der Waals surface area contributed by atoms with Crippen molar-refractivity contribution < 1.29 is 14.4 Å². The first kappa shape index (κ1) is 14.3. The number of benzene rings is 1. The second-order valence-corrected chi connectivity index (χ2v) is 5.53. The van der Waals surface area contributed by atoms with Gasteiger partial charge in [0, 0.05) is 22.3 Å². The summed E-state index contributed by atoms with van der Waals surface area (Å²) in [7, 11) is 0. The molecule has 0 aliphatic heterocycles. The van der Waals surface area contributed by atoms with E-state index in [4.69, 9.17) is 0 Å². The molecule has 0 saturated heterocycles. The number of ketones is 2. The first-order valence-corrected chi connectivity index (χ1v) is 7.18.